The Labute approximate surface area is 108 Å². The van der Waals surface area contributed by atoms with Crippen LogP contribution >= 0.6 is 0 Å². The lowest BCUT2D eigenvalue weighted by molar-refractivity contribution is 0.0965. The molecule has 0 aliphatic heterocycles. The van der Waals surface area contributed by atoms with Crippen molar-refractivity contribution < 1.29 is 19.2 Å². The molecule has 0 aliphatic rings. The topological polar surface area (TPSA) is 49.7 Å². The second-order valence-electron chi connectivity index (χ2n) is 5.58. The zero-order chi connectivity index (χ0) is 13.8. The SMILES string of the molecule is CC(C)(C)CCOCc1ccc(F)cc1B(O)O. The molecule has 1 aromatic carbocycles. The highest BCUT2D eigenvalue weighted by Crippen LogP contribution is 2.18. The van der Waals surface area contributed by atoms with Crippen molar-refractivity contribution in [3.05, 3.63) is 29.6 Å². The maximum atomic E-state index is 13.0. The maximum Gasteiger partial charge on any atom is 0.488 e. The summed E-state index contributed by atoms with van der Waals surface area (Å²) in [6.45, 7) is 7.20. The van der Waals surface area contributed by atoms with Crippen LogP contribution in [0.1, 0.15) is 32.8 Å². The van der Waals surface area contributed by atoms with Gasteiger partial charge in [0.05, 0.1) is 6.61 Å². The lowest BCUT2D eigenvalue weighted by atomic mass is 9.77. The second-order valence-corrected chi connectivity index (χ2v) is 5.58. The molecule has 0 unspecified atom stereocenters. The van der Waals surface area contributed by atoms with Gasteiger partial charge in [0.25, 0.3) is 0 Å². The summed E-state index contributed by atoms with van der Waals surface area (Å²) >= 11 is 0. The average molecular weight is 254 g/mol. The summed E-state index contributed by atoms with van der Waals surface area (Å²) in [5.74, 6) is -0.489. The standard InChI is InChI=1S/C13H20BFO3/c1-13(2,3)6-7-18-9-10-4-5-11(15)8-12(10)14(16)17/h4-5,8,16-17H,6-7,9H2,1-3H3. The van der Waals surface area contributed by atoms with E-state index in [0.717, 1.165) is 12.5 Å². The lowest BCUT2D eigenvalue weighted by Crippen LogP contribution is -2.33. The molecule has 18 heavy (non-hydrogen) atoms. The van der Waals surface area contributed by atoms with Gasteiger partial charge in [0.1, 0.15) is 5.82 Å². The molecule has 0 bridgehead atoms. The van der Waals surface area contributed by atoms with Gasteiger partial charge in [-0.15, -0.1) is 0 Å². The van der Waals surface area contributed by atoms with Gasteiger partial charge in [-0.2, -0.15) is 0 Å². The smallest absolute Gasteiger partial charge is 0.423 e. The van der Waals surface area contributed by atoms with Crippen molar-refractivity contribution in [3.8, 4) is 0 Å². The third-order valence-electron chi connectivity index (χ3n) is 2.64. The highest BCUT2D eigenvalue weighted by Gasteiger charge is 2.17. The van der Waals surface area contributed by atoms with Gasteiger partial charge in [-0.05, 0) is 35.0 Å². The third kappa shape index (κ3) is 5.17. The first-order valence-corrected chi connectivity index (χ1v) is 6.02. The van der Waals surface area contributed by atoms with E-state index in [0.29, 0.717) is 12.2 Å². The Bertz CT molecular complexity index is 388. The first-order valence-electron chi connectivity index (χ1n) is 6.02. The molecule has 0 amide bonds. The summed E-state index contributed by atoms with van der Waals surface area (Å²) in [4.78, 5) is 0. The van der Waals surface area contributed by atoms with Crippen LogP contribution in [0.15, 0.2) is 18.2 Å². The molecule has 2 N–H and O–H groups in total. The molecule has 0 radical (unpaired) electrons. The highest BCUT2D eigenvalue weighted by atomic mass is 19.1. The Morgan fingerprint density at radius 3 is 2.50 bits per heavy atom. The van der Waals surface area contributed by atoms with Crippen LogP contribution in [0.3, 0.4) is 0 Å². The van der Waals surface area contributed by atoms with Crippen molar-refractivity contribution in [2.45, 2.75) is 33.8 Å². The van der Waals surface area contributed by atoms with E-state index in [9.17, 15) is 4.39 Å². The minimum atomic E-state index is -1.68. The van der Waals surface area contributed by atoms with E-state index >= 15 is 0 Å². The van der Waals surface area contributed by atoms with Crippen molar-refractivity contribution >= 4 is 12.6 Å². The van der Waals surface area contributed by atoms with Gasteiger partial charge in [-0.3, -0.25) is 0 Å². The molecule has 0 heterocycles. The maximum absolute atomic E-state index is 13.0. The number of halogens is 1. The quantitative estimate of drug-likeness (QED) is 0.617. The zero-order valence-corrected chi connectivity index (χ0v) is 11.1. The van der Waals surface area contributed by atoms with Gasteiger partial charge in [0.2, 0.25) is 0 Å². The molecule has 1 rings (SSSR count). The molecule has 1 aromatic rings. The Morgan fingerprint density at radius 1 is 1.28 bits per heavy atom. The van der Waals surface area contributed by atoms with Crippen molar-refractivity contribution in [1.29, 1.82) is 0 Å². The van der Waals surface area contributed by atoms with Crippen LogP contribution in [0.2, 0.25) is 0 Å². The van der Waals surface area contributed by atoms with Crippen LogP contribution in [0, 0.1) is 11.2 Å². The summed E-state index contributed by atoms with van der Waals surface area (Å²) in [6.07, 6.45) is 0.908. The number of hydrogen-bond acceptors (Lipinski definition) is 3. The summed E-state index contributed by atoms with van der Waals surface area (Å²) in [5, 5.41) is 18.3. The lowest BCUT2D eigenvalue weighted by Gasteiger charge is -2.18. The number of ether oxygens (including phenoxy) is 1. The molecular weight excluding hydrogens is 234 g/mol. The molecule has 0 atom stereocenters. The summed E-state index contributed by atoms with van der Waals surface area (Å²) in [7, 11) is -1.68. The molecule has 0 aliphatic carbocycles. The Hall–Kier alpha value is -0.905. The number of benzene rings is 1. The van der Waals surface area contributed by atoms with E-state index in [-0.39, 0.29) is 17.5 Å². The Morgan fingerprint density at radius 2 is 1.94 bits per heavy atom. The molecule has 0 saturated heterocycles. The summed E-state index contributed by atoms with van der Waals surface area (Å²) < 4.78 is 18.5. The van der Waals surface area contributed by atoms with Crippen LogP contribution in [-0.2, 0) is 11.3 Å². The number of hydrogen-bond donors (Lipinski definition) is 2. The fourth-order valence-electron chi connectivity index (χ4n) is 1.50. The summed E-state index contributed by atoms with van der Waals surface area (Å²) in [5.41, 5.74) is 0.952. The van der Waals surface area contributed by atoms with Gasteiger partial charge in [0.15, 0.2) is 0 Å². The van der Waals surface area contributed by atoms with Crippen LogP contribution in [-0.4, -0.2) is 23.8 Å². The minimum Gasteiger partial charge on any atom is -0.423 e. The van der Waals surface area contributed by atoms with Crippen molar-refractivity contribution in [3.63, 3.8) is 0 Å². The van der Waals surface area contributed by atoms with Crippen molar-refractivity contribution in [2.24, 2.45) is 5.41 Å². The number of rotatable bonds is 5. The van der Waals surface area contributed by atoms with Crippen LogP contribution in [0.25, 0.3) is 0 Å². The van der Waals surface area contributed by atoms with Gasteiger partial charge in [-0.1, -0.05) is 26.8 Å². The molecular formula is C13H20BFO3. The summed E-state index contributed by atoms with van der Waals surface area (Å²) in [6, 6.07) is 3.92. The van der Waals surface area contributed by atoms with Crippen LogP contribution in [0.4, 0.5) is 4.39 Å². The van der Waals surface area contributed by atoms with Gasteiger partial charge in [0, 0.05) is 6.61 Å². The Balaban J connectivity index is 2.57. The van der Waals surface area contributed by atoms with Crippen molar-refractivity contribution in [2.75, 3.05) is 6.61 Å². The third-order valence-corrected chi connectivity index (χ3v) is 2.64. The molecule has 0 aromatic heterocycles. The van der Waals surface area contributed by atoms with E-state index in [2.05, 4.69) is 20.8 Å². The molecule has 100 valence electrons. The largest absolute Gasteiger partial charge is 0.488 e. The van der Waals surface area contributed by atoms with E-state index in [1.807, 2.05) is 0 Å². The molecule has 0 saturated carbocycles. The van der Waals surface area contributed by atoms with Gasteiger partial charge < -0.3 is 14.8 Å². The highest BCUT2D eigenvalue weighted by molar-refractivity contribution is 6.59. The average Bonchev–Trinajstić information content (AvgIpc) is 2.24. The molecule has 3 nitrogen and oxygen atoms in total. The fraction of sp³-hybridized carbons (Fsp3) is 0.538. The van der Waals surface area contributed by atoms with E-state index in [1.165, 1.54) is 12.1 Å². The normalized spacial score (nSPS) is 11.7. The van der Waals surface area contributed by atoms with Crippen LogP contribution in [0.5, 0.6) is 0 Å². The fourth-order valence-corrected chi connectivity index (χ4v) is 1.50. The molecule has 0 spiro atoms. The zero-order valence-electron chi connectivity index (χ0n) is 11.1. The predicted octanol–water partition coefficient (Wildman–Crippen LogP) is 1.46. The van der Waals surface area contributed by atoms with Crippen LogP contribution < -0.4 is 5.46 Å². The molecule has 0 fully saturated rings. The first-order chi connectivity index (χ1) is 8.29. The molecule has 5 heteroatoms. The van der Waals surface area contributed by atoms with E-state index in [1.54, 1.807) is 0 Å². The van der Waals surface area contributed by atoms with E-state index in [4.69, 9.17) is 14.8 Å². The van der Waals surface area contributed by atoms with Gasteiger partial charge in [-0.25, -0.2) is 4.39 Å². The van der Waals surface area contributed by atoms with E-state index < -0.39 is 12.9 Å². The minimum absolute atomic E-state index is 0.158. The second kappa shape index (κ2) is 6.32. The monoisotopic (exact) mass is 254 g/mol. The first kappa shape index (κ1) is 15.2. The predicted molar refractivity (Wildman–Crippen MR) is 70.0 cm³/mol. The van der Waals surface area contributed by atoms with Crippen molar-refractivity contribution in [1.82, 2.24) is 0 Å². The van der Waals surface area contributed by atoms with Gasteiger partial charge >= 0.3 is 7.12 Å². The Kier molecular flexibility index (Phi) is 5.32.